The van der Waals surface area contributed by atoms with Crippen LogP contribution in [0.1, 0.15) is 32.6 Å². The SMILES string of the molecule is COc1ccc2[nH]c3nc(SCC(=O)NC4CCCCC4C)nnc3c2c1. The molecule has 8 heteroatoms. The fourth-order valence-corrected chi connectivity index (χ4v) is 4.23. The van der Waals surface area contributed by atoms with Gasteiger partial charge in [-0.2, -0.15) is 0 Å². The number of benzene rings is 1. The number of ether oxygens (including phenoxy) is 1. The number of carbonyl (C=O) groups excluding carboxylic acids is 1. The van der Waals surface area contributed by atoms with Crippen molar-refractivity contribution in [1.29, 1.82) is 0 Å². The Bertz CT molecular complexity index is 973. The fraction of sp³-hybridized carbons (Fsp3) is 0.474. The van der Waals surface area contributed by atoms with E-state index in [0.29, 0.717) is 28.0 Å². The molecule has 1 aliphatic rings. The van der Waals surface area contributed by atoms with E-state index in [-0.39, 0.29) is 11.9 Å². The van der Waals surface area contributed by atoms with Crippen molar-refractivity contribution in [1.82, 2.24) is 25.5 Å². The minimum atomic E-state index is 0.0313. The first-order valence-corrected chi connectivity index (χ1v) is 10.2. The number of aromatic nitrogens is 4. The molecule has 2 aromatic heterocycles. The molecule has 1 aliphatic carbocycles. The van der Waals surface area contributed by atoms with Crippen LogP contribution in [0, 0.1) is 5.92 Å². The lowest BCUT2D eigenvalue weighted by Crippen LogP contribution is -2.41. The van der Waals surface area contributed by atoms with Gasteiger partial charge in [-0.3, -0.25) is 4.79 Å². The van der Waals surface area contributed by atoms with Crippen LogP contribution >= 0.6 is 11.8 Å². The van der Waals surface area contributed by atoms with E-state index < -0.39 is 0 Å². The molecule has 2 N–H and O–H groups in total. The highest BCUT2D eigenvalue weighted by atomic mass is 32.2. The van der Waals surface area contributed by atoms with Gasteiger partial charge in [0.2, 0.25) is 11.1 Å². The highest BCUT2D eigenvalue weighted by Gasteiger charge is 2.22. The summed E-state index contributed by atoms with van der Waals surface area (Å²) < 4.78 is 5.27. The van der Waals surface area contributed by atoms with Crippen LogP contribution in [0.25, 0.3) is 22.1 Å². The van der Waals surface area contributed by atoms with E-state index in [9.17, 15) is 4.79 Å². The molecule has 7 nitrogen and oxygen atoms in total. The number of methoxy groups -OCH3 is 1. The van der Waals surface area contributed by atoms with E-state index in [1.54, 1.807) is 7.11 Å². The van der Waals surface area contributed by atoms with Gasteiger partial charge in [0.1, 0.15) is 11.3 Å². The standard InChI is InChI=1S/C19H23N5O2S/c1-11-5-3-4-6-14(11)20-16(25)10-27-19-22-18-17(23-24-19)13-9-12(26-2)7-8-15(13)21-18/h7-9,11,14H,3-6,10H2,1-2H3,(H,20,25)(H,21,22,24). The molecule has 0 spiro atoms. The third-order valence-corrected chi connectivity index (χ3v) is 6.03. The number of thioether (sulfide) groups is 1. The first-order valence-electron chi connectivity index (χ1n) is 9.26. The number of amides is 1. The van der Waals surface area contributed by atoms with Crippen LogP contribution in [0.15, 0.2) is 23.4 Å². The minimum absolute atomic E-state index is 0.0313. The van der Waals surface area contributed by atoms with Crippen molar-refractivity contribution in [3.05, 3.63) is 18.2 Å². The van der Waals surface area contributed by atoms with E-state index in [1.165, 1.54) is 31.0 Å². The molecule has 0 radical (unpaired) electrons. The maximum atomic E-state index is 12.3. The number of nitrogens with one attached hydrogen (secondary N) is 2. The monoisotopic (exact) mass is 385 g/mol. The predicted octanol–water partition coefficient (Wildman–Crippen LogP) is 3.30. The summed E-state index contributed by atoms with van der Waals surface area (Å²) in [6.45, 7) is 2.21. The Morgan fingerprint density at radius 2 is 2.19 bits per heavy atom. The van der Waals surface area contributed by atoms with Crippen LogP contribution in [0.5, 0.6) is 5.75 Å². The zero-order chi connectivity index (χ0) is 18.8. The van der Waals surface area contributed by atoms with Gasteiger partial charge in [-0.05, 0) is 37.0 Å². The number of hydrogen-bond donors (Lipinski definition) is 2. The Morgan fingerprint density at radius 3 is 3.00 bits per heavy atom. The first-order chi connectivity index (χ1) is 13.1. The van der Waals surface area contributed by atoms with Crippen molar-refractivity contribution in [2.75, 3.05) is 12.9 Å². The van der Waals surface area contributed by atoms with Gasteiger partial charge in [-0.25, -0.2) is 4.98 Å². The highest BCUT2D eigenvalue weighted by molar-refractivity contribution is 7.99. The average Bonchev–Trinajstić information content (AvgIpc) is 3.05. The zero-order valence-corrected chi connectivity index (χ0v) is 16.3. The second-order valence-corrected chi connectivity index (χ2v) is 8.00. The van der Waals surface area contributed by atoms with Crippen LogP contribution in [0.2, 0.25) is 0 Å². The van der Waals surface area contributed by atoms with Gasteiger partial charge in [0, 0.05) is 16.9 Å². The smallest absolute Gasteiger partial charge is 0.230 e. The summed E-state index contributed by atoms with van der Waals surface area (Å²) >= 11 is 1.31. The van der Waals surface area contributed by atoms with E-state index in [4.69, 9.17) is 4.74 Å². The molecular weight excluding hydrogens is 362 g/mol. The van der Waals surface area contributed by atoms with Crippen LogP contribution < -0.4 is 10.1 Å². The molecule has 1 amide bonds. The molecule has 4 rings (SSSR count). The molecule has 2 unspecified atom stereocenters. The van der Waals surface area contributed by atoms with E-state index in [1.807, 2.05) is 18.2 Å². The molecule has 1 aromatic carbocycles. The first kappa shape index (κ1) is 18.0. The normalized spacial score (nSPS) is 20.1. The quantitative estimate of drug-likeness (QED) is 0.655. The molecule has 0 aliphatic heterocycles. The second-order valence-electron chi connectivity index (χ2n) is 7.05. The fourth-order valence-electron chi connectivity index (χ4n) is 3.63. The molecule has 0 saturated heterocycles. The highest BCUT2D eigenvalue weighted by Crippen LogP contribution is 2.27. The minimum Gasteiger partial charge on any atom is -0.497 e. The van der Waals surface area contributed by atoms with Gasteiger partial charge in [-0.15, -0.1) is 10.2 Å². The largest absolute Gasteiger partial charge is 0.497 e. The van der Waals surface area contributed by atoms with Crippen molar-refractivity contribution >= 4 is 39.7 Å². The van der Waals surface area contributed by atoms with E-state index in [0.717, 1.165) is 23.1 Å². The van der Waals surface area contributed by atoms with Gasteiger partial charge >= 0.3 is 0 Å². The summed E-state index contributed by atoms with van der Waals surface area (Å²) in [5.74, 6) is 1.64. The number of aromatic amines is 1. The van der Waals surface area contributed by atoms with Crippen LogP contribution in [0.3, 0.4) is 0 Å². The molecule has 2 heterocycles. The Morgan fingerprint density at radius 1 is 1.33 bits per heavy atom. The predicted molar refractivity (Wildman–Crippen MR) is 106 cm³/mol. The Balaban J connectivity index is 1.44. The number of nitrogens with zero attached hydrogens (tertiary/aromatic N) is 3. The molecule has 2 atom stereocenters. The average molecular weight is 385 g/mol. The van der Waals surface area contributed by atoms with Crippen molar-refractivity contribution < 1.29 is 9.53 Å². The van der Waals surface area contributed by atoms with Gasteiger partial charge in [0.05, 0.1) is 12.9 Å². The summed E-state index contributed by atoms with van der Waals surface area (Å²) in [6.07, 6.45) is 4.71. The number of H-pyrrole nitrogens is 1. The third-order valence-electron chi connectivity index (χ3n) is 5.19. The summed E-state index contributed by atoms with van der Waals surface area (Å²) in [5, 5.41) is 13.0. The lowest BCUT2D eigenvalue weighted by Gasteiger charge is -2.29. The van der Waals surface area contributed by atoms with Crippen molar-refractivity contribution in [3.63, 3.8) is 0 Å². The van der Waals surface area contributed by atoms with Crippen molar-refractivity contribution in [2.45, 2.75) is 43.8 Å². The Hall–Kier alpha value is -2.35. The maximum absolute atomic E-state index is 12.3. The molecule has 27 heavy (non-hydrogen) atoms. The van der Waals surface area contributed by atoms with Crippen molar-refractivity contribution in [3.8, 4) is 5.75 Å². The topological polar surface area (TPSA) is 92.8 Å². The molecule has 3 aromatic rings. The number of hydrogen-bond acceptors (Lipinski definition) is 6. The zero-order valence-electron chi connectivity index (χ0n) is 15.5. The van der Waals surface area contributed by atoms with E-state index >= 15 is 0 Å². The van der Waals surface area contributed by atoms with E-state index in [2.05, 4.69) is 32.4 Å². The lowest BCUT2D eigenvalue weighted by atomic mass is 9.86. The number of rotatable bonds is 5. The number of fused-ring (bicyclic) bond motifs is 3. The lowest BCUT2D eigenvalue weighted by molar-refractivity contribution is -0.119. The number of carbonyl (C=O) groups is 1. The summed E-state index contributed by atoms with van der Waals surface area (Å²) in [4.78, 5) is 20.0. The van der Waals surface area contributed by atoms with Crippen LogP contribution in [-0.2, 0) is 4.79 Å². The van der Waals surface area contributed by atoms with Gasteiger partial charge < -0.3 is 15.0 Å². The molecule has 142 valence electrons. The summed E-state index contributed by atoms with van der Waals surface area (Å²) in [6, 6.07) is 6.02. The summed E-state index contributed by atoms with van der Waals surface area (Å²) in [5.41, 5.74) is 2.30. The van der Waals surface area contributed by atoms with Gasteiger partial charge in [0.15, 0.2) is 5.65 Å². The van der Waals surface area contributed by atoms with Crippen molar-refractivity contribution in [2.24, 2.45) is 5.92 Å². The molecule has 1 fully saturated rings. The molecular formula is C19H23N5O2S. The van der Waals surface area contributed by atoms with Gasteiger partial charge in [-0.1, -0.05) is 31.5 Å². The van der Waals surface area contributed by atoms with Crippen LogP contribution in [-0.4, -0.2) is 45.0 Å². The molecule has 1 saturated carbocycles. The molecule has 0 bridgehead atoms. The van der Waals surface area contributed by atoms with Gasteiger partial charge in [0.25, 0.3) is 0 Å². The second kappa shape index (κ2) is 7.72. The van der Waals surface area contributed by atoms with Crippen LogP contribution in [0.4, 0.5) is 0 Å². The Kier molecular flexibility index (Phi) is 5.15. The summed E-state index contributed by atoms with van der Waals surface area (Å²) in [7, 11) is 1.63. The maximum Gasteiger partial charge on any atom is 0.230 e. The Labute approximate surface area is 161 Å². The third kappa shape index (κ3) is 3.85.